The average Bonchev–Trinajstić information content (AvgIpc) is 2.81. The summed E-state index contributed by atoms with van der Waals surface area (Å²) >= 11 is 12.0. The monoisotopic (exact) mass is 537 g/mol. The number of hydrazone groups is 1. The first-order valence-corrected chi connectivity index (χ1v) is 10.7. The summed E-state index contributed by atoms with van der Waals surface area (Å²) in [5.74, 6) is -1.15. The van der Waals surface area contributed by atoms with Crippen LogP contribution in [0.3, 0.4) is 0 Å². The second kappa shape index (κ2) is 10.7. The van der Waals surface area contributed by atoms with Gasteiger partial charge in [0.25, 0.3) is 0 Å². The number of rotatable bonds is 7. The van der Waals surface area contributed by atoms with Gasteiger partial charge in [0, 0.05) is 0 Å². The number of benzene rings is 2. The number of nitrogens with one attached hydrogen (secondary N) is 2. The number of hydrogen-bond acceptors (Lipinski definition) is 8. The van der Waals surface area contributed by atoms with Gasteiger partial charge in [0.1, 0.15) is 16.7 Å². The maximum atomic E-state index is 14.5. The van der Waals surface area contributed by atoms with Gasteiger partial charge in [0.2, 0.25) is 11.9 Å². The molecule has 2 heterocycles. The minimum atomic E-state index is -4.79. The number of alkyl halides is 3. The Morgan fingerprint density at radius 3 is 2.33 bits per heavy atom. The highest BCUT2D eigenvalue weighted by Gasteiger charge is 2.30. The fourth-order valence-corrected chi connectivity index (χ4v) is 3.16. The summed E-state index contributed by atoms with van der Waals surface area (Å²) in [5, 5.41) is 7.25. The van der Waals surface area contributed by atoms with Crippen LogP contribution in [0, 0.1) is 5.82 Å². The smallest absolute Gasteiger partial charge is 0.406 e. The first-order chi connectivity index (χ1) is 17.2. The van der Waals surface area contributed by atoms with Crippen LogP contribution in [0.25, 0.3) is 11.4 Å². The van der Waals surface area contributed by atoms with Crippen LogP contribution < -0.4 is 15.5 Å². The number of nitrogens with zero attached hydrogens (tertiary/aromatic N) is 5. The molecule has 0 saturated heterocycles. The van der Waals surface area contributed by atoms with Crippen molar-refractivity contribution in [2.45, 2.75) is 6.36 Å². The van der Waals surface area contributed by atoms with Crippen molar-refractivity contribution < 1.29 is 22.3 Å². The highest BCUT2D eigenvalue weighted by Crippen LogP contribution is 2.29. The standard InChI is InChI=1S/C22H13Cl2F4N7O/c23-15-2-1-3-16(25)18(15)19-32-20(31-13-6-9-17(24)29-11-13)34-21(33-19)35-30-10-12-4-7-14(8-5-12)36-22(26,27)28/h1-11H,(H2,31,32,33,34,35)/b30-10+. The Labute approximate surface area is 211 Å². The molecule has 4 rings (SSSR count). The molecule has 14 heteroatoms. The molecule has 0 unspecified atom stereocenters. The first-order valence-electron chi connectivity index (χ1n) is 9.90. The van der Waals surface area contributed by atoms with Crippen LogP contribution >= 0.6 is 23.2 Å². The zero-order valence-corrected chi connectivity index (χ0v) is 19.3. The molecule has 36 heavy (non-hydrogen) atoms. The number of anilines is 3. The normalized spacial score (nSPS) is 11.5. The molecule has 0 saturated carbocycles. The Morgan fingerprint density at radius 2 is 1.67 bits per heavy atom. The van der Waals surface area contributed by atoms with Crippen molar-refractivity contribution in [2.24, 2.45) is 5.10 Å². The lowest BCUT2D eigenvalue weighted by Gasteiger charge is -2.10. The van der Waals surface area contributed by atoms with Gasteiger partial charge in [-0.2, -0.15) is 20.1 Å². The number of pyridine rings is 1. The summed E-state index contributed by atoms with van der Waals surface area (Å²) in [5.41, 5.74) is 3.48. The quantitative estimate of drug-likeness (QED) is 0.121. The topological polar surface area (TPSA) is 97.2 Å². The Balaban J connectivity index is 1.60. The van der Waals surface area contributed by atoms with Crippen molar-refractivity contribution >= 4 is 47.0 Å². The van der Waals surface area contributed by atoms with Gasteiger partial charge in [-0.15, -0.1) is 13.2 Å². The summed E-state index contributed by atoms with van der Waals surface area (Å²) in [6, 6.07) is 12.3. The Hall–Kier alpha value is -4.03. The van der Waals surface area contributed by atoms with Crippen LogP contribution in [-0.4, -0.2) is 32.5 Å². The summed E-state index contributed by atoms with van der Waals surface area (Å²) in [6.45, 7) is 0. The van der Waals surface area contributed by atoms with Gasteiger partial charge in [-0.3, -0.25) is 0 Å². The first kappa shape index (κ1) is 25.1. The van der Waals surface area contributed by atoms with E-state index in [1.807, 2.05) is 0 Å². The molecule has 0 amide bonds. The van der Waals surface area contributed by atoms with E-state index in [1.165, 1.54) is 42.7 Å². The maximum absolute atomic E-state index is 14.5. The van der Waals surface area contributed by atoms with Crippen LogP contribution in [0.15, 0.2) is 65.9 Å². The molecular weight excluding hydrogens is 525 g/mol. The van der Waals surface area contributed by atoms with Crippen LogP contribution in [-0.2, 0) is 0 Å². The summed E-state index contributed by atoms with van der Waals surface area (Å²) in [6.07, 6.45) is -2.03. The summed E-state index contributed by atoms with van der Waals surface area (Å²) in [4.78, 5) is 16.6. The third-order valence-corrected chi connectivity index (χ3v) is 4.84. The fraction of sp³-hybridized carbons (Fsp3) is 0.0455. The minimum Gasteiger partial charge on any atom is -0.406 e. The molecule has 8 nitrogen and oxygen atoms in total. The van der Waals surface area contributed by atoms with Crippen molar-refractivity contribution in [1.82, 2.24) is 19.9 Å². The lowest BCUT2D eigenvalue weighted by molar-refractivity contribution is -0.274. The van der Waals surface area contributed by atoms with E-state index in [9.17, 15) is 17.6 Å². The van der Waals surface area contributed by atoms with Crippen LogP contribution in [0.5, 0.6) is 5.75 Å². The SMILES string of the molecule is Fc1cccc(Cl)c1-c1nc(N/N=C/c2ccc(OC(F)(F)F)cc2)nc(Nc2ccc(Cl)nc2)n1. The molecule has 0 aliphatic rings. The molecule has 0 radical (unpaired) electrons. The highest BCUT2D eigenvalue weighted by molar-refractivity contribution is 6.33. The molecule has 0 aliphatic heterocycles. The Kier molecular flexibility index (Phi) is 7.46. The molecule has 4 aromatic rings. The lowest BCUT2D eigenvalue weighted by atomic mass is 10.2. The van der Waals surface area contributed by atoms with E-state index in [4.69, 9.17) is 23.2 Å². The maximum Gasteiger partial charge on any atom is 0.573 e. The van der Waals surface area contributed by atoms with Crippen molar-refractivity contribution in [1.29, 1.82) is 0 Å². The molecule has 0 fully saturated rings. The second-order valence-corrected chi connectivity index (χ2v) is 7.68. The Morgan fingerprint density at radius 1 is 0.917 bits per heavy atom. The van der Waals surface area contributed by atoms with Gasteiger partial charge in [-0.1, -0.05) is 29.3 Å². The summed E-state index contributed by atoms with van der Waals surface area (Å²) < 4.78 is 55.3. The third kappa shape index (κ3) is 6.77. The number of ether oxygens (including phenoxy) is 1. The molecule has 0 spiro atoms. The molecule has 2 aromatic heterocycles. The van der Waals surface area contributed by atoms with Crippen molar-refractivity contribution in [3.63, 3.8) is 0 Å². The van der Waals surface area contributed by atoms with Crippen LogP contribution in [0.2, 0.25) is 10.2 Å². The van der Waals surface area contributed by atoms with Crippen molar-refractivity contribution in [2.75, 3.05) is 10.7 Å². The van der Waals surface area contributed by atoms with E-state index in [-0.39, 0.29) is 39.2 Å². The number of halogens is 6. The average molecular weight is 538 g/mol. The molecule has 0 bridgehead atoms. The van der Waals surface area contributed by atoms with E-state index in [2.05, 4.69) is 40.5 Å². The second-order valence-electron chi connectivity index (χ2n) is 6.88. The molecule has 184 valence electrons. The number of aromatic nitrogens is 4. The molecular formula is C22H13Cl2F4N7O. The predicted molar refractivity (Wildman–Crippen MR) is 127 cm³/mol. The third-order valence-electron chi connectivity index (χ3n) is 4.30. The zero-order chi connectivity index (χ0) is 25.7. The molecule has 0 aliphatic carbocycles. The molecule has 0 atom stereocenters. The van der Waals surface area contributed by atoms with Crippen LogP contribution in [0.1, 0.15) is 5.56 Å². The van der Waals surface area contributed by atoms with E-state index in [0.717, 1.165) is 12.1 Å². The van der Waals surface area contributed by atoms with Gasteiger partial charge in [-0.05, 0) is 54.1 Å². The van der Waals surface area contributed by atoms with Crippen molar-refractivity contribution in [3.8, 4) is 17.1 Å². The molecule has 2 aromatic carbocycles. The van der Waals surface area contributed by atoms with E-state index < -0.39 is 12.2 Å². The highest BCUT2D eigenvalue weighted by atomic mass is 35.5. The Bertz CT molecular complexity index is 1360. The minimum absolute atomic E-state index is 0.0230. The van der Waals surface area contributed by atoms with Gasteiger partial charge in [0.15, 0.2) is 5.82 Å². The van der Waals surface area contributed by atoms with Gasteiger partial charge < -0.3 is 10.1 Å². The predicted octanol–water partition coefficient (Wildman–Crippen LogP) is 6.47. The van der Waals surface area contributed by atoms with Gasteiger partial charge in [0.05, 0.1) is 28.7 Å². The fourth-order valence-electron chi connectivity index (χ4n) is 2.80. The lowest BCUT2D eigenvalue weighted by Crippen LogP contribution is -2.17. The van der Waals surface area contributed by atoms with E-state index in [1.54, 1.807) is 12.1 Å². The number of hydrogen-bond donors (Lipinski definition) is 2. The van der Waals surface area contributed by atoms with Gasteiger partial charge >= 0.3 is 6.36 Å². The zero-order valence-electron chi connectivity index (χ0n) is 17.8. The van der Waals surface area contributed by atoms with E-state index >= 15 is 0 Å². The van der Waals surface area contributed by atoms with Crippen LogP contribution in [0.4, 0.5) is 35.1 Å². The largest absolute Gasteiger partial charge is 0.573 e. The van der Waals surface area contributed by atoms with Gasteiger partial charge in [-0.25, -0.2) is 14.8 Å². The van der Waals surface area contributed by atoms with Crippen molar-refractivity contribution in [3.05, 3.63) is 82.4 Å². The molecule has 2 N–H and O–H groups in total. The summed E-state index contributed by atoms with van der Waals surface area (Å²) in [7, 11) is 0. The van der Waals surface area contributed by atoms with E-state index in [0.29, 0.717) is 11.3 Å².